The second-order valence-corrected chi connectivity index (χ2v) is 2.69. The molecule has 1 aromatic rings. The van der Waals surface area contributed by atoms with E-state index in [9.17, 15) is 0 Å². The second kappa shape index (κ2) is 1.96. The van der Waals surface area contributed by atoms with Gasteiger partial charge < -0.3 is 10.2 Å². The topological polar surface area (TPSA) is 54.6 Å². The van der Waals surface area contributed by atoms with Crippen LogP contribution in [0.2, 0.25) is 0 Å². The zero-order valence-corrected chi connectivity index (χ0v) is 5.86. The van der Waals surface area contributed by atoms with Crippen molar-refractivity contribution in [1.82, 2.24) is 5.32 Å². The average Bonchev–Trinajstić information content (AvgIpc) is 2.21. The highest BCUT2D eigenvalue weighted by Crippen LogP contribution is 2.28. The van der Waals surface area contributed by atoms with Gasteiger partial charge in [-0.05, 0) is 11.6 Å². The van der Waals surface area contributed by atoms with E-state index in [0.29, 0.717) is 5.69 Å². The first-order valence-corrected chi connectivity index (χ1v) is 3.43. The molecule has 0 fully saturated rings. The number of rotatable bonds is 0. The summed E-state index contributed by atoms with van der Waals surface area (Å²) in [7, 11) is 0. The highest BCUT2D eigenvalue weighted by molar-refractivity contribution is 5.49. The maximum absolute atomic E-state index is 9.10. The zero-order valence-electron chi connectivity index (χ0n) is 5.86. The lowest BCUT2D eigenvalue weighted by Gasteiger charge is -2.10. The minimum Gasteiger partial charge on any atom is -0.347 e. The Morgan fingerprint density at radius 2 is 2.00 bits per heavy atom. The molecule has 0 bridgehead atoms. The largest absolute Gasteiger partial charge is 0.347 e. The van der Waals surface area contributed by atoms with Crippen LogP contribution in [0.15, 0.2) is 24.3 Å². The predicted octanol–water partition coefficient (Wildman–Crippen LogP) is 0.117. The van der Waals surface area contributed by atoms with Crippen molar-refractivity contribution in [2.75, 3.05) is 0 Å². The normalized spacial score (nSPS) is 19.1. The lowest BCUT2D eigenvalue weighted by Crippen LogP contribution is -2.34. The van der Waals surface area contributed by atoms with Crippen LogP contribution < -0.4 is 5.32 Å². The summed E-state index contributed by atoms with van der Waals surface area (Å²) in [6, 6.07) is 7.29. The Labute approximate surface area is 64.3 Å². The number of hydrogen-bond acceptors (Lipinski definition) is 2. The van der Waals surface area contributed by atoms with Crippen molar-refractivity contribution in [2.24, 2.45) is 0 Å². The molecule has 0 aliphatic carbocycles. The minimum absolute atomic E-state index is 0.198. The first-order chi connectivity index (χ1) is 5.17. The van der Waals surface area contributed by atoms with Crippen LogP contribution in [-0.2, 0) is 6.42 Å². The number of para-hydroxylation sites is 1. The van der Waals surface area contributed by atoms with E-state index in [2.05, 4.69) is 5.32 Å². The molecule has 1 aliphatic heterocycles. The van der Waals surface area contributed by atoms with Crippen LogP contribution >= 0.6 is 0 Å². The molecule has 0 saturated heterocycles. The molecule has 11 heavy (non-hydrogen) atoms. The van der Waals surface area contributed by atoms with Gasteiger partial charge in [-0.3, -0.25) is 0 Å². The summed E-state index contributed by atoms with van der Waals surface area (Å²) >= 11 is 0. The predicted molar refractivity (Wildman–Crippen MR) is 39.1 cm³/mol. The van der Waals surface area contributed by atoms with E-state index in [1.807, 2.05) is 18.2 Å². The monoisotopic (exact) mass is 150 g/mol. The van der Waals surface area contributed by atoms with Crippen LogP contribution in [0.4, 0.5) is 5.69 Å². The molecule has 0 spiro atoms. The Kier molecular flexibility index (Phi) is 1.19. The van der Waals surface area contributed by atoms with Gasteiger partial charge in [0.05, 0.1) is 12.1 Å². The molecule has 0 atom stereocenters. The molecule has 1 aromatic carbocycles. The van der Waals surface area contributed by atoms with Gasteiger partial charge in [0.25, 0.3) is 5.91 Å². The van der Waals surface area contributed by atoms with E-state index in [4.69, 9.17) is 10.2 Å². The third-order valence-corrected chi connectivity index (χ3v) is 1.72. The first-order valence-electron chi connectivity index (χ1n) is 3.43. The van der Waals surface area contributed by atoms with E-state index in [0.717, 1.165) is 5.56 Å². The van der Waals surface area contributed by atoms with Gasteiger partial charge in [-0.25, -0.2) is 5.32 Å². The van der Waals surface area contributed by atoms with Gasteiger partial charge in [0.15, 0.2) is 0 Å². The molecule has 0 saturated carbocycles. The molecule has 3 heteroatoms. The smallest absolute Gasteiger partial charge is 0.269 e. The molecule has 3 nitrogen and oxygen atoms in total. The third kappa shape index (κ3) is 1.08. The molecule has 0 unspecified atom stereocenters. The van der Waals surface area contributed by atoms with Crippen LogP contribution in [0.5, 0.6) is 0 Å². The highest BCUT2D eigenvalue weighted by atomic mass is 16.5. The lowest BCUT2D eigenvalue weighted by atomic mass is 10.1. The number of fused-ring (bicyclic) bond motifs is 1. The minimum atomic E-state index is -1.87. The fourth-order valence-corrected chi connectivity index (χ4v) is 1.26. The highest BCUT2D eigenvalue weighted by Gasteiger charge is 2.33. The summed E-state index contributed by atoms with van der Waals surface area (Å²) in [6.45, 7) is 0. The molecule has 0 amide bonds. The van der Waals surface area contributed by atoms with Crippen molar-refractivity contribution in [2.45, 2.75) is 12.3 Å². The molecular formula is C8H8NO2. The van der Waals surface area contributed by atoms with Crippen molar-refractivity contribution in [1.29, 1.82) is 0 Å². The summed E-state index contributed by atoms with van der Waals surface area (Å²) in [5.74, 6) is -1.87. The quantitative estimate of drug-likeness (QED) is 0.516. The summed E-state index contributed by atoms with van der Waals surface area (Å²) < 4.78 is 0. The van der Waals surface area contributed by atoms with E-state index in [1.54, 1.807) is 6.07 Å². The molecule has 1 heterocycles. The summed E-state index contributed by atoms with van der Waals surface area (Å²) in [5, 5.41) is 21.9. The maximum atomic E-state index is 9.10. The van der Waals surface area contributed by atoms with Crippen LogP contribution in [0.1, 0.15) is 5.56 Å². The molecule has 2 N–H and O–H groups in total. The lowest BCUT2D eigenvalue weighted by molar-refractivity contribution is -0.169. The average molecular weight is 150 g/mol. The van der Waals surface area contributed by atoms with Gasteiger partial charge in [0.2, 0.25) is 0 Å². The Balaban J connectivity index is 2.41. The van der Waals surface area contributed by atoms with Crippen LogP contribution in [-0.4, -0.2) is 16.1 Å². The summed E-state index contributed by atoms with van der Waals surface area (Å²) in [6.07, 6.45) is 0.198. The first kappa shape index (κ1) is 6.64. The van der Waals surface area contributed by atoms with Crippen molar-refractivity contribution in [3.8, 4) is 0 Å². The van der Waals surface area contributed by atoms with Gasteiger partial charge in [-0.2, -0.15) is 0 Å². The Morgan fingerprint density at radius 1 is 1.27 bits per heavy atom. The number of hydrogen-bond donors (Lipinski definition) is 2. The molecule has 0 aromatic heterocycles. The molecule has 1 aliphatic rings. The second-order valence-electron chi connectivity index (χ2n) is 2.69. The number of nitrogens with zero attached hydrogens (tertiary/aromatic N) is 1. The molecule has 1 radical (unpaired) electrons. The summed E-state index contributed by atoms with van der Waals surface area (Å²) in [5.41, 5.74) is 1.56. The van der Waals surface area contributed by atoms with Crippen LogP contribution in [0.3, 0.4) is 0 Å². The standard InChI is InChI=1S/C8H8NO2/c10-8(11)5-6-3-1-2-4-7(6)9-8/h1-4,10-11H,5H2. The fourth-order valence-electron chi connectivity index (χ4n) is 1.26. The Bertz CT molecular complexity index is 256. The van der Waals surface area contributed by atoms with Crippen molar-refractivity contribution in [3.05, 3.63) is 29.8 Å². The number of benzene rings is 1. The maximum Gasteiger partial charge on any atom is 0.269 e. The van der Waals surface area contributed by atoms with E-state index >= 15 is 0 Å². The van der Waals surface area contributed by atoms with Crippen LogP contribution in [0, 0.1) is 0 Å². The summed E-state index contributed by atoms with van der Waals surface area (Å²) in [4.78, 5) is 0. The molecule has 2 rings (SSSR count). The van der Waals surface area contributed by atoms with E-state index in [1.165, 1.54) is 0 Å². The molecule has 57 valence electrons. The van der Waals surface area contributed by atoms with Gasteiger partial charge in [0.1, 0.15) is 0 Å². The van der Waals surface area contributed by atoms with E-state index in [-0.39, 0.29) is 6.42 Å². The van der Waals surface area contributed by atoms with Crippen molar-refractivity contribution >= 4 is 5.69 Å². The van der Waals surface area contributed by atoms with Gasteiger partial charge in [-0.15, -0.1) is 0 Å². The van der Waals surface area contributed by atoms with Crippen molar-refractivity contribution in [3.63, 3.8) is 0 Å². The van der Waals surface area contributed by atoms with E-state index < -0.39 is 5.91 Å². The third-order valence-electron chi connectivity index (χ3n) is 1.72. The van der Waals surface area contributed by atoms with Gasteiger partial charge in [0, 0.05) is 0 Å². The fraction of sp³-hybridized carbons (Fsp3) is 0.250. The van der Waals surface area contributed by atoms with Crippen LogP contribution in [0.25, 0.3) is 0 Å². The zero-order chi connectivity index (χ0) is 7.90. The Morgan fingerprint density at radius 3 is 2.73 bits per heavy atom. The Hall–Kier alpha value is -1.06. The van der Waals surface area contributed by atoms with Crippen molar-refractivity contribution < 1.29 is 10.2 Å². The SMILES string of the molecule is OC1(O)Cc2ccccc2[N]1. The number of aliphatic hydroxyl groups is 2. The van der Waals surface area contributed by atoms with Gasteiger partial charge >= 0.3 is 0 Å². The van der Waals surface area contributed by atoms with Gasteiger partial charge in [-0.1, -0.05) is 18.2 Å². The molecular weight excluding hydrogens is 142 g/mol.